The number of hydrogen-bond acceptors (Lipinski definition) is 3. The van der Waals surface area contributed by atoms with Gasteiger partial charge in [-0.3, -0.25) is 9.78 Å². The van der Waals surface area contributed by atoms with Gasteiger partial charge in [0.25, 0.3) is 0 Å². The fourth-order valence-electron chi connectivity index (χ4n) is 2.15. The first kappa shape index (κ1) is 12.0. The second kappa shape index (κ2) is 5.77. The molecule has 1 saturated heterocycles. The van der Waals surface area contributed by atoms with Crippen LogP contribution in [0.2, 0.25) is 0 Å². The number of pyridine rings is 1. The summed E-state index contributed by atoms with van der Waals surface area (Å²) in [6.45, 7) is 1.78. The molecule has 0 saturated carbocycles. The number of likely N-dealkylation sites (N-methyl/N-ethyl adjacent to an activating group) is 1. The van der Waals surface area contributed by atoms with Gasteiger partial charge in [0.1, 0.15) is 0 Å². The van der Waals surface area contributed by atoms with E-state index in [9.17, 15) is 4.79 Å². The van der Waals surface area contributed by atoms with Gasteiger partial charge >= 0.3 is 0 Å². The van der Waals surface area contributed by atoms with Crippen LogP contribution in [0.3, 0.4) is 0 Å². The Morgan fingerprint density at radius 2 is 2.24 bits per heavy atom. The highest BCUT2D eigenvalue weighted by Gasteiger charge is 2.21. The second-order valence-electron chi connectivity index (χ2n) is 4.57. The van der Waals surface area contributed by atoms with Crippen molar-refractivity contribution in [2.45, 2.75) is 25.3 Å². The zero-order chi connectivity index (χ0) is 12.1. The van der Waals surface area contributed by atoms with Crippen LogP contribution in [0.15, 0.2) is 24.5 Å². The Labute approximate surface area is 102 Å². The minimum atomic E-state index is 0.261. The van der Waals surface area contributed by atoms with Crippen LogP contribution in [0.1, 0.15) is 18.4 Å². The molecule has 2 rings (SSSR count). The normalized spacial score (nSPS) is 20.6. The van der Waals surface area contributed by atoms with Crippen LogP contribution in [0, 0.1) is 0 Å². The second-order valence-corrected chi connectivity index (χ2v) is 4.57. The maximum atomic E-state index is 11.3. The number of amides is 1. The molecular weight excluding hydrogens is 214 g/mol. The van der Waals surface area contributed by atoms with E-state index in [0.29, 0.717) is 12.5 Å². The largest absolute Gasteiger partial charge is 0.344 e. The van der Waals surface area contributed by atoms with Crippen molar-refractivity contribution < 1.29 is 4.79 Å². The Bertz CT molecular complexity index is 366. The molecule has 0 aliphatic carbocycles. The summed E-state index contributed by atoms with van der Waals surface area (Å²) in [6, 6.07) is 4.52. The first-order valence-corrected chi connectivity index (χ1v) is 6.12. The SMILES string of the molecule is CN1CC(NCCc2ccncc2)CCC1=O. The monoisotopic (exact) mass is 233 g/mol. The third-order valence-corrected chi connectivity index (χ3v) is 3.22. The molecule has 1 aliphatic rings. The van der Waals surface area contributed by atoms with E-state index in [1.807, 2.05) is 36.5 Å². The van der Waals surface area contributed by atoms with E-state index in [2.05, 4.69) is 10.3 Å². The number of carbonyl (C=O) groups excluding carboxylic acids is 1. The summed E-state index contributed by atoms with van der Waals surface area (Å²) in [5.41, 5.74) is 1.30. The number of hydrogen-bond donors (Lipinski definition) is 1. The first-order chi connectivity index (χ1) is 8.25. The summed E-state index contributed by atoms with van der Waals surface area (Å²) in [5, 5.41) is 3.51. The van der Waals surface area contributed by atoms with Crippen molar-refractivity contribution in [3.05, 3.63) is 30.1 Å². The van der Waals surface area contributed by atoms with Crippen molar-refractivity contribution in [2.24, 2.45) is 0 Å². The van der Waals surface area contributed by atoms with Gasteiger partial charge in [-0.15, -0.1) is 0 Å². The number of rotatable bonds is 4. The lowest BCUT2D eigenvalue weighted by Gasteiger charge is -2.30. The molecule has 4 nitrogen and oxygen atoms in total. The minimum absolute atomic E-state index is 0.261. The molecule has 2 heterocycles. The number of nitrogens with zero attached hydrogens (tertiary/aromatic N) is 2. The number of nitrogens with one attached hydrogen (secondary N) is 1. The van der Waals surface area contributed by atoms with E-state index in [-0.39, 0.29) is 5.91 Å². The quantitative estimate of drug-likeness (QED) is 0.838. The molecule has 1 N–H and O–H groups in total. The zero-order valence-corrected chi connectivity index (χ0v) is 10.2. The molecule has 92 valence electrons. The van der Waals surface area contributed by atoms with E-state index in [1.54, 1.807) is 0 Å². The summed E-state index contributed by atoms with van der Waals surface area (Å²) in [6.07, 6.45) is 6.28. The van der Waals surface area contributed by atoms with Crippen LogP contribution in [0.5, 0.6) is 0 Å². The lowest BCUT2D eigenvalue weighted by Crippen LogP contribution is -2.47. The van der Waals surface area contributed by atoms with Gasteiger partial charge in [0.05, 0.1) is 0 Å². The Hall–Kier alpha value is -1.42. The van der Waals surface area contributed by atoms with Crippen LogP contribution in [0.4, 0.5) is 0 Å². The number of carbonyl (C=O) groups is 1. The van der Waals surface area contributed by atoms with Gasteiger partial charge in [-0.25, -0.2) is 0 Å². The van der Waals surface area contributed by atoms with Gasteiger partial charge < -0.3 is 10.2 Å². The molecule has 4 heteroatoms. The predicted octanol–water partition coefficient (Wildman–Crippen LogP) is 0.834. The average Bonchev–Trinajstić information content (AvgIpc) is 2.35. The highest BCUT2D eigenvalue weighted by Crippen LogP contribution is 2.09. The molecule has 1 aromatic heterocycles. The van der Waals surface area contributed by atoms with Gasteiger partial charge in [-0.05, 0) is 37.1 Å². The Morgan fingerprint density at radius 3 is 2.94 bits per heavy atom. The van der Waals surface area contributed by atoms with Gasteiger partial charge in [0.15, 0.2) is 0 Å². The molecule has 1 unspecified atom stereocenters. The lowest BCUT2D eigenvalue weighted by molar-refractivity contribution is -0.132. The van der Waals surface area contributed by atoms with Gasteiger partial charge in [-0.1, -0.05) is 0 Å². The van der Waals surface area contributed by atoms with Crippen LogP contribution in [-0.2, 0) is 11.2 Å². The lowest BCUT2D eigenvalue weighted by atomic mass is 10.1. The number of piperidine rings is 1. The van der Waals surface area contributed by atoms with E-state index >= 15 is 0 Å². The first-order valence-electron chi connectivity index (χ1n) is 6.12. The summed E-state index contributed by atoms with van der Waals surface area (Å²) < 4.78 is 0. The average molecular weight is 233 g/mol. The van der Waals surface area contributed by atoms with Gasteiger partial charge in [-0.2, -0.15) is 0 Å². The third-order valence-electron chi connectivity index (χ3n) is 3.22. The molecule has 1 amide bonds. The van der Waals surface area contributed by atoms with Crippen molar-refractivity contribution in [3.8, 4) is 0 Å². The Kier molecular flexibility index (Phi) is 4.09. The van der Waals surface area contributed by atoms with Gasteiger partial charge in [0.2, 0.25) is 5.91 Å². The van der Waals surface area contributed by atoms with Crippen molar-refractivity contribution in [3.63, 3.8) is 0 Å². The molecule has 0 bridgehead atoms. The van der Waals surface area contributed by atoms with Crippen molar-refractivity contribution in [1.82, 2.24) is 15.2 Å². The fourth-order valence-corrected chi connectivity index (χ4v) is 2.15. The number of aromatic nitrogens is 1. The molecule has 1 fully saturated rings. The standard InChI is InChI=1S/C13H19N3O/c1-16-10-12(2-3-13(16)17)15-9-6-11-4-7-14-8-5-11/h4-5,7-8,12,15H,2-3,6,9-10H2,1H3. The molecule has 0 radical (unpaired) electrons. The summed E-state index contributed by atoms with van der Waals surface area (Å²) >= 11 is 0. The van der Waals surface area contributed by atoms with Crippen molar-refractivity contribution in [1.29, 1.82) is 0 Å². The Balaban J connectivity index is 1.71. The Morgan fingerprint density at radius 1 is 1.47 bits per heavy atom. The summed E-state index contributed by atoms with van der Waals surface area (Å²) in [7, 11) is 1.87. The molecule has 0 aromatic carbocycles. The van der Waals surface area contributed by atoms with Crippen molar-refractivity contribution >= 4 is 5.91 Å². The third kappa shape index (κ3) is 3.53. The number of likely N-dealkylation sites (tertiary alicyclic amines) is 1. The van der Waals surface area contributed by atoms with Crippen molar-refractivity contribution in [2.75, 3.05) is 20.1 Å². The maximum Gasteiger partial charge on any atom is 0.222 e. The molecule has 0 spiro atoms. The van der Waals surface area contributed by atoms with Crippen LogP contribution >= 0.6 is 0 Å². The molecule has 17 heavy (non-hydrogen) atoms. The van der Waals surface area contributed by atoms with E-state index in [4.69, 9.17) is 0 Å². The van der Waals surface area contributed by atoms with E-state index < -0.39 is 0 Å². The smallest absolute Gasteiger partial charge is 0.222 e. The fraction of sp³-hybridized carbons (Fsp3) is 0.538. The van der Waals surface area contributed by atoms with Crippen LogP contribution in [0.25, 0.3) is 0 Å². The topological polar surface area (TPSA) is 45.2 Å². The van der Waals surface area contributed by atoms with Crippen LogP contribution in [-0.4, -0.2) is 42.0 Å². The van der Waals surface area contributed by atoms with E-state index in [1.165, 1.54) is 5.56 Å². The van der Waals surface area contributed by atoms with Gasteiger partial charge in [0, 0.05) is 38.4 Å². The van der Waals surface area contributed by atoms with Crippen LogP contribution < -0.4 is 5.32 Å². The molecule has 1 atom stereocenters. The van der Waals surface area contributed by atoms with E-state index in [0.717, 1.165) is 25.9 Å². The highest BCUT2D eigenvalue weighted by molar-refractivity contribution is 5.76. The summed E-state index contributed by atoms with van der Waals surface area (Å²) in [5.74, 6) is 0.261. The molecular formula is C13H19N3O. The summed E-state index contributed by atoms with van der Waals surface area (Å²) in [4.78, 5) is 17.1. The highest BCUT2D eigenvalue weighted by atomic mass is 16.2. The predicted molar refractivity (Wildman–Crippen MR) is 66.6 cm³/mol. The maximum absolute atomic E-state index is 11.3. The minimum Gasteiger partial charge on any atom is -0.344 e. The molecule has 1 aromatic rings. The molecule has 1 aliphatic heterocycles. The zero-order valence-electron chi connectivity index (χ0n) is 10.2.